The molecule has 4 nitrogen and oxygen atoms in total. The normalized spacial score (nSPS) is 11.7. The van der Waals surface area contributed by atoms with E-state index in [4.69, 9.17) is 10.8 Å². The van der Waals surface area contributed by atoms with E-state index in [2.05, 4.69) is 5.63 Å². The summed E-state index contributed by atoms with van der Waals surface area (Å²) in [6, 6.07) is -0.866. The Balaban J connectivity index is 3.55. The summed E-state index contributed by atoms with van der Waals surface area (Å²) in [5, 5.41) is 8.25. The first-order valence-electron chi connectivity index (χ1n) is 2.72. The Morgan fingerprint density at radius 3 is 2.80 bits per heavy atom. The van der Waals surface area contributed by atoms with Crippen LogP contribution in [-0.4, -0.2) is 17.1 Å². The van der Waals surface area contributed by atoms with Gasteiger partial charge in [-0.25, -0.2) is 0 Å². The standard InChI is InChI=1S/C5H8NO3P/c6-4(5(7)8)2-1-3-10-9/h4H,1-2,6H2,(H,7,8). The zero-order valence-corrected chi connectivity index (χ0v) is 6.17. The second kappa shape index (κ2) is 5.24. The van der Waals surface area contributed by atoms with Crippen LogP contribution < -0.4 is 5.73 Å². The van der Waals surface area contributed by atoms with E-state index in [0.717, 1.165) is 0 Å². The van der Waals surface area contributed by atoms with E-state index in [1.54, 1.807) is 0 Å². The number of carboxylic acids is 1. The van der Waals surface area contributed by atoms with Crippen LogP contribution in [0.4, 0.5) is 0 Å². The molecular weight excluding hydrogens is 153 g/mol. The Bertz CT molecular complexity index is 208. The minimum absolute atomic E-state index is 0.195. The Kier molecular flexibility index (Phi) is 4.95. The van der Waals surface area contributed by atoms with Gasteiger partial charge in [0.25, 0.3) is 0 Å². The fourth-order valence-corrected chi connectivity index (χ4v) is 0.610. The van der Waals surface area contributed by atoms with Crippen LogP contribution in [0.1, 0.15) is 12.8 Å². The summed E-state index contributed by atoms with van der Waals surface area (Å²) in [7, 11) is -0.195. The monoisotopic (exact) mass is 161 g/mol. The molecule has 0 saturated heterocycles. The number of carbonyl (C=O) groups is 1. The third-order valence-corrected chi connectivity index (χ3v) is 1.30. The zero-order chi connectivity index (χ0) is 7.98. The second-order valence-electron chi connectivity index (χ2n) is 1.73. The maximum absolute atomic E-state index is 10.1. The summed E-state index contributed by atoms with van der Waals surface area (Å²) >= 11 is 0. The SMILES string of the molecule is NC(CCC#P=O)C(=O)O. The van der Waals surface area contributed by atoms with E-state index in [-0.39, 0.29) is 14.3 Å². The van der Waals surface area contributed by atoms with Crippen molar-refractivity contribution in [2.24, 2.45) is 5.73 Å². The molecule has 1 atom stereocenters. The first kappa shape index (κ1) is 9.44. The third kappa shape index (κ3) is 4.33. The molecule has 0 aromatic carbocycles. The third-order valence-electron chi connectivity index (χ3n) is 0.949. The average molecular weight is 161 g/mol. The van der Waals surface area contributed by atoms with Crippen LogP contribution in [0, 0.1) is 5.63 Å². The first-order valence-corrected chi connectivity index (χ1v) is 3.53. The van der Waals surface area contributed by atoms with Crippen LogP contribution in [0.15, 0.2) is 0 Å². The predicted molar refractivity (Wildman–Crippen MR) is 36.3 cm³/mol. The van der Waals surface area contributed by atoms with Crippen LogP contribution in [0.2, 0.25) is 0 Å². The topological polar surface area (TPSA) is 80.4 Å². The van der Waals surface area contributed by atoms with Crippen molar-refractivity contribution in [3.05, 3.63) is 0 Å². The van der Waals surface area contributed by atoms with E-state index in [1.807, 2.05) is 0 Å². The van der Waals surface area contributed by atoms with E-state index in [0.29, 0.717) is 6.42 Å². The van der Waals surface area contributed by atoms with E-state index < -0.39 is 12.0 Å². The average Bonchev–Trinajstić information content (AvgIpc) is 1.88. The van der Waals surface area contributed by atoms with Crippen LogP contribution in [-0.2, 0) is 9.36 Å². The zero-order valence-electron chi connectivity index (χ0n) is 5.28. The molecular formula is C5H8NO3P. The summed E-state index contributed by atoms with van der Waals surface area (Å²) in [6.45, 7) is 0. The molecule has 0 aliphatic rings. The van der Waals surface area contributed by atoms with Crippen molar-refractivity contribution in [1.29, 1.82) is 0 Å². The second-order valence-corrected chi connectivity index (χ2v) is 2.23. The summed E-state index contributed by atoms with van der Waals surface area (Å²) in [6.07, 6.45) is 0.628. The van der Waals surface area contributed by atoms with E-state index in [9.17, 15) is 9.36 Å². The van der Waals surface area contributed by atoms with Gasteiger partial charge in [-0.2, -0.15) is 0 Å². The molecule has 0 aliphatic carbocycles. The molecule has 0 saturated carbocycles. The van der Waals surface area contributed by atoms with E-state index in [1.165, 1.54) is 0 Å². The molecule has 10 heavy (non-hydrogen) atoms. The molecule has 1 unspecified atom stereocenters. The van der Waals surface area contributed by atoms with E-state index >= 15 is 0 Å². The molecule has 3 N–H and O–H groups in total. The van der Waals surface area contributed by atoms with Crippen molar-refractivity contribution in [1.82, 2.24) is 0 Å². The van der Waals surface area contributed by atoms with Crippen LogP contribution in [0.3, 0.4) is 0 Å². The van der Waals surface area contributed by atoms with Crippen molar-refractivity contribution in [3.63, 3.8) is 0 Å². The molecule has 0 spiro atoms. The van der Waals surface area contributed by atoms with Gasteiger partial charge in [0, 0.05) is 0 Å². The van der Waals surface area contributed by atoms with Crippen molar-refractivity contribution in [2.75, 3.05) is 0 Å². The maximum atomic E-state index is 10.1. The van der Waals surface area contributed by atoms with Gasteiger partial charge in [0.15, 0.2) is 0 Å². The predicted octanol–water partition coefficient (Wildman–Crippen LogP) is 0.429. The van der Waals surface area contributed by atoms with Gasteiger partial charge in [-0.3, -0.25) is 0 Å². The Labute approximate surface area is 59.5 Å². The van der Waals surface area contributed by atoms with Crippen LogP contribution in [0.25, 0.3) is 0 Å². The van der Waals surface area contributed by atoms with Gasteiger partial charge < -0.3 is 0 Å². The Morgan fingerprint density at radius 2 is 2.40 bits per heavy atom. The summed E-state index contributed by atoms with van der Waals surface area (Å²) < 4.78 is 9.75. The van der Waals surface area contributed by atoms with Crippen molar-refractivity contribution in [3.8, 4) is 5.63 Å². The van der Waals surface area contributed by atoms with Gasteiger partial charge in [-0.05, 0) is 0 Å². The molecule has 0 bridgehead atoms. The Hall–Kier alpha value is -0.560. The molecule has 0 fully saturated rings. The van der Waals surface area contributed by atoms with Crippen LogP contribution in [0.5, 0.6) is 0 Å². The molecule has 0 amide bonds. The van der Waals surface area contributed by atoms with Crippen molar-refractivity contribution in [2.45, 2.75) is 18.9 Å². The molecule has 56 valence electrons. The minimum atomic E-state index is -1.04. The number of hydrogen-bond donors (Lipinski definition) is 2. The van der Waals surface area contributed by atoms with Gasteiger partial charge >= 0.3 is 58.6 Å². The summed E-state index contributed by atoms with van der Waals surface area (Å²) in [4.78, 5) is 10.1. The number of carboxylic acid groups (broad SMARTS) is 1. The van der Waals surface area contributed by atoms with Gasteiger partial charge in [-0.1, -0.05) is 0 Å². The van der Waals surface area contributed by atoms with Gasteiger partial charge in [0.1, 0.15) is 0 Å². The summed E-state index contributed by atoms with van der Waals surface area (Å²) in [5.41, 5.74) is 7.52. The number of rotatable bonds is 3. The molecule has 0 rings (SSSR count). The van der Waals surface area contributed by atoms with Gasteiger partial charge in [0.2, 0.25) is 0 Å². The molecule has 0 radical (unpaired) electrons. The molecule has 0 aliphatic heterocycles. The molecule has 5 heteroatoms. The quantitative estimate of drug-likeness (QED) is 0.588. The fraction of sp³-hybridized carbons (Fsp3) is 0.600. The van der Waals surface area contributed by atoms with Gasteiger partial charge in [-0.15, -0.1) is 0 Å². The first-order chi connectivity index (χ1) is 4.68. The van der Waals surface area contributed by atoms with Gasteiger partial charge in [0.05, 0.1) is 0 Å². The van der Waals surface area contributed by atoms with Crippen molar-refractivity contribution < 1.29 is 14.5 Å². The van der Waals surface area contributed by atoms with Crippen LogP contribution >= 0.6 is 7.92 Å². The molecule has 0 aromatic rings. The van der Waals surface area contributed by atoms with Crippen molar-refractivity contribution >= 4 is 13.9 Å². The molecule has 0 aromatic heterocycles. The Morgan fingerprint density at radius 1 is 1.80 bits per heavy atom. The number of nitrogens with two attached hydrogens (primary N) is 1. The fourth-order valence-electron chi connectivity index (χ4n) is 0.389. The number of hydrogen-bond acceptors (Lipinski definition) is 3. The summed E-state index contributed by atoms with van der Waals surface area (Å²) in [5.74, 6) is -1.04. The molecule has 0 heterocycles. The number of aliphatic carboxylic acids is 1.